The van der Waals surface area contributed by atoms with E-state index in [1.807, 2.05) is 39.0 Å². The van der Waals surface area contributed by atoms with Crippen molar-refractivity contribution in [2.45, 2.75) is 27.2 Å². The number of benzene rings is 1. The van der Waals surface area contributed by atoms with Gasteiger partial charge in [0, 0.05) is 17.9 Å². The molecule has 0 radical (unpaired) electrons. The first-order valence-corrected chi connectivity index (χ1v) is 7.27. The Bertz CT molecular complexity index is 495. The van der Waals surface area contributed by atoms with Crippen molar-refractivity contribution >= 4 is 33.4 Å². The molecule has 0 spiro atoms. The number of carbonyl (C=O) groups is 2. The number of nitrogens with one attached hydrogen (secondary N) is 1. The van der Waals surface area contributed by atoms with Crippen LogP contribution in [0.2, 0.25) is 0 Å². The first-order chi connectivity index (χ1) is 9.19. The summed E-state index contributed by atoms with van der Waals surface area (Å²) in [6, 6.07) is 7.37. The van der Waals surface area contributed by atoms with Crippen LogP contribution in [0.1, 0.15) is 27.2 Å². The van der Waals surface area contributed by atoms with E-state index in [0.717, 1.165) is 4.47 Å². The average Bonchev–Trinajstić information content (AvgIpc) is 2.29. The van der Waals surface area contributed by atoms with Crippen molar-refractivity contribution in [3.63, 3.8) is 0 Å². The van der Waals surface area contributed by atoms with Crippen LogP contribution in [0.25, 0.3) is 0 Å². The fourth-order valence-electron chi connectivity index (χ4n) is 1.64. The van der Waals surface area contributed by atoms with Crippen LogP contribution in [-0.2, 0) is 9.59 Å². The Balaban J connectivity index is 2.54. The van der Waals surface area contributed by atoms with Gasteiger partial charge in [0.05, 0.1) is 12.2 Å². The third-order valence-corrected chi connectivity index (χ3v) is 3.33. The fraction of sp³-hybridized carbons (Fsp3) is 0.467. The van der Waals surface area contributed by atoms with Gasteiger partial charge in [-0.1, -0.05) is 32.9 Å². The van der Waals surface area contributed by atoms with Crippen LogP contribution < -0.4 is 5.32 Å². The van der Waals surface area contributed by atoms with E-state index in [1.54, 1.807) is 13.1 Å². The first-order valence-electron chi connectivity index (χ1n) is 6.47. The summed E-state index contributed by atoms with van der Waals surface area (Å²) < 4.78 is 0.817. The van der Waals surface area contributed by atoms with E-state index in [9.17, 15) is 9.59 Å². The minimum atomic E-state index is -0.207. The van der Waals surface area contributed by atoms with Crippen LogP contribution in [0.5, 0.6) is 0 Å². The van der Waals surface area contributed by atoms with Gasteiger partial charge in [-0.25, -0.2) is 0 Å². The molecule has 20 heavy (non-hydrogen) atoms. The molecule has 1 aromatic rings. The molecule has 110 valence electrons. The zero-order valence-electron chi connectivity index (χ0n) is 12.4. The number of nitrogens with zero attached hydrogens (tertiary/aromatic N) is 1. The summed E-state index contributed by atoms with van der Waals surface area (Å²) in [7, 11) is 1.65. The Morgan fingerprint density at radius 1 is 1.25 bits per heavy atom. The highest BCUT2D eigenvalue weighted by molar-refractivity contribution is 9.10. The van der Waals surface area contributed by atoms with E-state index in [1.165, 1.54) is 4.90 Å². The van der Waals surface area contributed by atoms with E-state index >= 15 is 0 Å². The quantitative estimate of drug-likeness (QED) is 0.914. The summed E-state index contributed by atoms with van der Waals surface area (Å²) in [6.45, 7) is 6.05. The van der Waals surface area contributed by atoms with E-state index in [0.29, 0.717) is 12.1 Å². The molecule has 0 saturated carbocycles. The standard InChI is InChI=1S/C15H21BrN2O2/c1-15(2,3)9-14(20)18(4)10-13(19)17-12-8-6-5-7-11(12)16/h5-8H,9-10H2,1-4H3,(H,17,19). The normalized spacial score (nSPS) is 11.1. The fourth-order valence-corrected chi connectivity index (χ4v) is 2.03. The van der Waals surface area contributed by atoms with E-state index < -0.39 is 0 Å². The van der Waals surface area contributed by atoms with Crippen molar-refractivity contribution in [1.82, 2.24) is 4.90 Å². The second-order valence-electron chi connectivity index (χ2n) is 6.02. The van der Waals surface area contributed by atoms with Gasteiger partial charge in [-0.3, -0.25) is 9.59 Å². The predicted molar refractivity (Wildman–Crippen MR) is 84.5 cm³/mol. The highest BCUT2D eigenvalue weighted by Gasteiger charge is 2.20. The number of hydrogen-bond donors (Lipinski definition) is 1. The van der Waals surface area contributed by atoms with Crippen molar-refractivity contribution in [1.29, 1.82) is 0 Å². The van der Waals surface area contributed by atoms with Crippen molar-refractivity contribution in [2.24, 2.45) is 5.41 Å². The molecular formula is C15H21BrN2O2. The maximum atomic E-state index is 12.0. The summed E-state index contributed by atoms with van der Waals surface area (Å²) in [6.07, 6.45) is 0.422. The molecule has 0 aliphatic heterocycles. The van der Waals surface area contributed by atoms with E-state index in [-0.39, 0.29) is 23.8 Å². The summed E-state index contributed by atoms with van der Waals surface area (Å²) in [4.78, 5) is 25.3. The lowest BCUT2D eigenvalue weighted by atomic mass is 9.92. The summed E-state index contributed by atoms with van der Waals surface area (Å²) in [5, 5.41) is 2.78. The van der Waals surface area contributed by atoms with Crippen LogP contribution in [0, 0.1) is 5.41 Å². The van der Waals surface area contributed by atoms with Gasteiger partial charge in [-0.05, 0) is 33.5 Å². The van der Waals surface area contributed by atoms with Crippen molar-refractivity contribution in [2.75, 3.05) is 18.9 Å². The lowest BCUT2D eigenvalue weighted by molar-refractivity contribution is -0.134. The Labute approximate surface area is 128 Å². The van der Waals surface area contributed by atoms with Gasteiger partial charge in [0.25, 0.3) is 0 Å². The van der Waals surface area contributed by atoms with Gasteiger partial charge < -0.3 is 10.2 Å². The molecule has 5 heteroatoms. The molecule has 1 rings (SSSR count). The van der Waals surface area contributed by atoms with Crippen molar-refractivity contribution in [3.05, 3.63) is 28.7 Å². The van der Waals surface area contributed by atoms with Gasteiger partial charge in [0.15, 0.2) is 0 Å². The number of rotatable bonds is 4. The lowest BCUT2D eigenvalue weighted by Gasteiger charge is -2.23. The van der Waals surface area contributed by atoms with Crippen LogP contribution in [0.3, 0.4) is 0 Å². The zero-order valence-corrected chi connectivity index (χ0v) is 14.0. The minimum Gasteiger partial charge on any atom is -0.336 e. The molecule has 0 aromatic heterocycles. The highest BCUT2D eigenvalue weighted by Crippen LogP contribution is 2.21. The molecule has 1 N–H and O–H groups in total. The molecule has 1 aromatic carbocycles. The van der Waals surface area contributed by atoms with Gasteiger partial charge in [-0.15, -0.1) is 0 Å². The Kier molecular flexibility index (Phi) is 5.74. The topological polar surface area (TPSA) is 49.4 Å². The third-order valence-electron chi connectivity index (χ3n) is 2.64. The molecule has 0 aliphatic rings. The van der Waals surface area contributed by atoms with E-state index in [4.69, 9.17) is 0 Å². The smallest absolute Gasteiger partial charge is 0.244 e. The zero-order chi connectivity index (χ0) is 15.3. The number of hydrogen-bond acceptors (Lipinski definition) is 2. The second kappa shape index (κ2) is 6.88. The van der Waals surface area contributed by atoms with Crippen LogP contribution in [-0.4, -0.2) is 30.3 Å². The number of amides is 2. The van der Waals surface area contributed by atoms with Gasteiger partial charge in [0.1, 0.15) is 0 Å². The predicted octanol–water partition coefficient (Wildman–Crippen LogP) is 3.28. The SMILES string of the molecule is CN(CC(=O)Nc1ccccc1Br)C(=O)CC(C)(C)C. The summed E-state index contributed by atoms with van der Waals surface area (Å²) >= 11 is 3.36. The number of anilines is 1. The lowest BCUT2D eigenvalue weighted by Crippen LogP contribution is -2.36. The van der Waals surface area contributed by atoms with Crippen LogP contribution >= 0.6 is 15.9 Å². The minimum absolute atomic E-state index is 0.0280. The molecule has 0 fully saturated rings. The maximum Gasteiger partial charge on any atom is 0.244 e. The summed E-state index contributed by atoms with van der Waals surface area (Å²) in [5.74, 6) is -0.235. The molecule has 2 amide bonds. The Hall–Kier alpha value is -1.36. The molecule has 0 bridgehead atoms. The molecule has 0 atom stereocenters. The third kappa shape index (κ3) is 5.74. The molecule has 0 heterocycles. The maximum absolute atomic E-state index is 12.0. The van der Waals surface area contributed by atoms with Gasteiger partial charge in [-0.2, -0.15) is 0 Å². The Morgan fingerprint density at radius 3 is 2.40 bits per heavy atom. The first kappa shape index (κ1) is 16.7. The van der Waals surface area contributed by atoms with Crippen LogP contribution in [0.4, 0.5) is 5.69 Å². The number of halogens is 1. The molecular weight excluding hydrogens is 320 g/mol. The monoisotopic (exact) mass is 340 g/mol. The molecule has 0 saturated heterocycles. The molecule has 0 aliphatic carbocycles. The van der Waals surface area contributed by atoms with Crippen LogP contribution in [0.15, 0.2) is 28.7 Å². The van der Waals surface area contributed by atoms with Crippen molar-refractivity contribution < 1.29 is 9.59 Å². The number of para-hydroxylation sites is 1. The summed E-state index contributed by atoms with van der Waals surface area (Å²) in [5.41, 5.74) is 0.624. The molecule has 4 nitrogen and oxygen atoms in total. The second-order valence-corrected chi connectivity index (χ2v) is 6.87. The van der Waals surface area contributed by atoms with E-state index in [2.05, 4.69) is 21.2 Å². The largest absolute Gasteiger partial charge is 0.336 e. The average molecular weight is 341 g/mol. The Morgan fingerprint density at radius 2 is 1.85 bits per heavy atom. The number of likely N-dealkylation sites (N-methyl/N-ethyl adjacent to an activating group) is 1. The molecule has 0 unspecified atom stereocenters. The highest BCUT2D eigenvalue weighted by atomic mass is 79.9. The van der Waals surface area contributed by atoms with Crippen molar-refractivity contribution in [3.8, 4) is 0 Å². The van der Waals surface area contributed by atoms with Gasteiger partial charge >= 0.3 is 0 Å². The van der Waals surface area contributed by atoms with Gasteiger partial charge in [0.2, 0.25) is 11.8 Å². The number of carbonyl (C=O) groups excluding carboxylic acids is 2.